The molecule has 0 aliphatic heterocycles. The topological polar surface area (TPSA) is 40.5 Å². The lowest BCUT2D eigenvalue weighted by Crippen LogP contribution is -1.77. The van der Waals surface area contributed by atoms with Gasteiger partial charge < -0.3 is 10.2 Å². The first-order valence-electron chi connectivity index (χ1n) is 2.48. The van der Waals surface area contributed by atoms with E-state index in [1.165, 1.54) is 6.07 Å². The Bertz CT molecular complexity index is 237. The fourth-order valence-corrected chi connectivity index (χ4v) is 2.37. The molecule has 0 fully saturated rings. The summed E-state index contributed by atoms with van der Waals surface area (Å²) in [6, 6.07) is 3.30. The van der Waals surface area contributed by atoms with Crippen molar-refractivity contribution in [3.63, 3.8) is 0 Å². The molecular weight excluding hydrogens is 358 g/mol. The summed E-state index contributed by atoms with van der Waals surface area (Å²) in [5, 5.41) is 18.1. The van der Waals surface area contributed by atoms with Crippen LogP contribution in [0.3, 0.4) is 0 Å². The zero-order valence-electron chi connectivity index (χ0n) is 4.81. The van der Waals surface area contributed by atoms with Crippen molar-refractivity contribution in [2.75, 3.05) is 0 Å². The zero-order valence-corrected chi connectivity index (χ0v) is 9.12. The first kappa shape index (κ1) is 8.38. The van der Waals surface area contributed by atoms with Crippen LogP contribution in [-0.4, -0.2) is 10.2 Å². The summed E-state index contributed by atoms with van der Waals surface area (Å²) in [4.78, 5) is 0. The SMILES string of the molecule is Oc1cc(I)cc(I)c1O. The molecule has 0 spiro atoms. The summed E-state index contributed by atoms with van der Waals surface area (Å²) in [7, 11) is 0. The lowest BCUT2D eigenvalue weighted by Gasteiger charge is -1.99. The molecule has 2 N–H and O–H groups in total. The molecule has 2 nitrogen and oxygen atoms in total. The van der Waals surface area contributed by atoms with E-state index >= 15 is 0 Å². The number of hydrogen-bond donors (Lipinski definition) is 2. The molecule has 0 unspecified atom stereocenters. The molecule has 1 aromatic rings. The molecule has 10 heavy (non-hydrogen) atoms. The van der Waals surface area contributed by atoms with Crippen LogP contribution in [0.25, 0.3) is 0 Å². The van der Waals surface area contributed by atoms with E-state index in [0.717, 1.165) is 3.57 Å². The van der Waals surface area contributed by atoms with Crippen LogP contribution in [0, 0.1) is 7.14 Å². The van der Waals surface area contributed by atoms with E-state index in [-0.39, 0.29) is 11.5 Å². The number of aromatic hydroxyl groups is 2. The molecule has 0 bridgehead atoms. The summed E-state index contributed by atoms with van der Waals surface area (Å²) in [5.41, 5.74) is 0. The Labute approximate surface area is 85.5 Å². The molecule has 0 aromatic heterocycles. The van der Waals surface area contributed by atoms with Gasteiger partial charge in [0.05, 0.1) is 3.57 Å². The third-order valence-corrected chi connectivity index (χ3v) is 2.45. The van der Waals surface area contributed by atoms with Crippen molar-refractivity contribution in [1.29, 1.82) is 0 Å². The second-order valence-corrected chi connectivity index (χ2v) is 4.16. The van der Waals surface area contributed by atoms with Gasteiger partial charge in [-0.05, 0) is 57.3 Å². The molecule has 1 aromatic carbocycles. The standard InChI is InChI=1S/C6H4I2O2/c7-3-1-4(8)6(10)5(9)2-3/h1-2,9-10H. The molecule has 0 aliphatic carbocycles. The zero-order chi connectivity index (χ0) is 7.72. The van der Waals surface area contributed by atoms with Crippen LogP contribution in [0.4, 0.5) is 0 Å². The highest BCUT2D eigenvalue weighted by Crippen LogP contribution is 2.31. The van der Waals surface area contributed by atoms with Crippen molar-refractivity contribution < 1.29 is 10.2 Å². The van der Waals surface area contributed by atoms with Gasteiger partial charge in [0.2, 0.25) is 0 Å². The minimum Gasteiger partial charge on any atom is -0.504 e. The van der Waals surface area contributed by atoms with Gasteiger partial charge in [0.15, 0.2) is 11.5 Å². The van der Waals surface area contributed by atoms with E-state index < -0.39 is 0 Å². The van der Waals surface area contributed by atoms with Crippen LogP contribution in [0.5, 0.6) is 11.5 Å². The fraction of sp³-hybridized carbons (Fsp3) is 0. The molecule has 0 atom stereocenters. The number of benzene rings is 1. The molecule has 0 heterocycles. The monoisotopic (exact) mass is 362 g/mol. The average Bonchev–Trinajstić information content (AvgIpc) is 1.82. The molecule has 0 saturated heterocycles. The van der Waals surface area contributed by atoms with Crippen LogP contribution in [-0.2, 0) is 0 Å². The van der Waals surface area contributed by atoms with Crippen LogP contribution in [0.2, 0.25) is 0 Å². The van der Waals surface area contributed by atoms with Gasteiger partial charge in [0.25, 0.3) is 0 Å². The molecule has 1 rings (SSSR count). The van der Waals surface area contributed by atoms with Gasteiger partial charge in [-0.25, -0.2) is 0 Å². The van der Waals surface area contributed by atoms with E-state index in [2.05, 4.69) is 22.6 Å². The fourth-order valence-electron chi connectivity index (χ4n) is 0.552. The van der Waals surface area contributed by atoms with Gasteiger partial charge >= 0.3 is 0 Å². The lowest BCUT2D eigenvalue weighted by molar-refractivity contribution is 0.401. The largest absolute Gasteiger partial charge is 0.504 e. The molecule has 0 radical (unpaired) electrons. The Morgan fingerprint density at radius 3 is 2.20 bits per heavy atom. The van der Waals surface area contributed by atoms with E-state index in [1.807, 2.05) is 22.6 Å². The van der Waals surface area contributed by atoms with Crippen LogP contribution in [0.15, 0.2) is 12.1 Å². The maximum absolute atomic E-state index is 9.07. The first-order chi connectivity index (χ1) is 4.61. The van der Waals surface area contributed by atoms with Gasteiger partial charge in [0.1, 0.15) is 0 Å². The average molecular weight is 362 g/mol. The van der Waals surface area contributed by atoms with Crippen molar-refractivity contribution in [3.05, 3.63) is 19.3 Å². The summed E-state index contributed by atoms with van der Waals surface area (Å²) in [6.07, 6.45) is 0. The Balaban J connectivity index is 3.31. The predicted molar refractivity (Wildman–Crippen MR) is 55.2 cm³/mol. The third kappa shape index (κ3) is 1.66. The highest BCUT2D eigenvalue weighted by molar-refractivity contribution is 14.1. The predicted octanol–water partition coefficient (Wildman–Crippen LogP) is 2.31. The number of phenols is 2. The smallest absolute Gasteiger partial charge is 0.171 e. The number of hydrogen-bond acceptors (Lipinski definition) is 2. The van der Waals surface area contributed by atoms with Gasteiger partial charge in [-0.1, -0.05) is 0 Å². The van der Waals surface area contributed by atoms with Crippen LogP contribution >= 0.6 is 45.2 Å². The summed E-state index contributed by atoms with van der Waals surface area (Å²) < 4.78 is 1.58. The third-order valence-electron chi connectivity index (χ3n) is 1.01. The number of phenolic OH excluding ortho intramolecular Hbond substituents is 2. The first-order valence-corrected chi connectivity index (χ1v) is 4.64. The van der Waals surface area contributed by atoms with E-state index in [0.29, 0.717) is 3.57 Å². The Hall–Kier alpha value is 0.280. The van der Waals surface area contributed by atoms with Crippen LogP contribution in [0.1, 0.15) is 0 Å². The number of halogens is 2. The van der Waals surface area contributed by atoms with Gasteiger partial charge in [-0.3, -0.25) is 0 Å². The highest BCUT2D eigenvalue weighted by atomic mass is 127. The quantitative estimate of drug-likeness (QED) is 0.550. The second-order valence-electron chi connectivity index (χ2n) is 1.76. The molecule has 0 amide bonds. The molecule has 4 heteroatoms. The minimum atomic E-state index is -0.0590. The second kappa shape index (κ2) is 3.12. The maximum atomic E-state index is 9.07. The normalized spacial score (nSPS) is 9.80. The van der Waals surface area contributed by atoms with Crippen molar-refractivity contribution in [3.8, 4) is 11.5 Å². The van der Waals surface area contributed by atoms with E-state index in [9.17, 15) is 0 Å². The minimum absolute atomic E-state index is 0.0407. The molecule has 0 aliphatic rings. The Kier molecular flexibility index (Phi) is 2.61. The number of rotatable bonds is 0. The summed E-state index contributed by atoms with van der Waals surface area (Å²) in [6.45, 7) is 0. The van der Waals surface area contributed by atoms with Gasteiger partial charge in [-0.15, -0.1) is 0 Å². The van der Waals surface area contributed by atoms with Crippen molar-refractivity contribution in [2.24, 2.45) is 0 Å². The van der Waals surface area contributed by atoms with Crippen LogP contribution < -0.4 is 0 Å². The Morgan fingerprint density at radius 1 is 1.10 bits per heavy atom. The molecular formula is C6H4I2O2. The maximum Gasteiger partial charge on any atom is 0.171 e. The Morgan fingerprint density at radius 2 is 1.70 bits per heavy atom. The summed E-state index contributed by atoms with van der Waals surface area (Å²) in [5.74, 6) is -0.0997. The highest BCUT2D eigenvalue weighted by Gasteiger charge is 2.03. The van der Waals surface area contributed by atoms with Crippen molar-refractivity contribution in [2.45, 2.75) is 0 Å². The van der Waals surface area contributed by atoms with Crippen molar-refractivity contribution >= 4 is 45.2 Å². The molecule has 0 saturated carbocycles. The summed E-state index contributed by atoms with van der Waals surface area (Å²) >= 11 is 4.03. The van der Waals surface area contributed by atoms with Crippen molar-refractivity contribution in [1.82, 2.24) is 0 Å². The van der Waals surface area contributed by atoms with Gasteiger partial charge in [-0.2, -0.15) is 0 Å². The van der Waals surface area contributed by atoms with Gasteiger partial charge in [0, 0.05) is 3.57 Å². The lowest BCUT2D eigenvalue weighted by atomic mass is 10.3. The molecule has 54 valence electrons. The van der Waals surface area contributed by atoms with E-state index in [1.54, 1.807) is 6.07 Å². The van der Waals surface area contributed by atoms with E-state index in [4.69, 9.17) is 10.2 Å².